The third-order valence-corrected chi connectivity index (χ3v) is 10.5. The molecule has 35 heavy (non-hydrogen) atoms. The molecule has 0 aromatic heterocycles. The molecule has 1 aromatic carbocycles. The third-order valence-electron chi connectivity index (χ3n) is 6.03. The molecular weight excluding hydrogens is 460 g/mol. The lowest BCUT2D eigenvalue weighted by Crippen LogP contribution is -2.47. The van der Waals surface area contributed by atoms with E-state index < -0.39 is 26.5 Å². The number of rotatable bonds is 14. The van der Waals surface area contributed by atoms with Gasteiger partial charge in [0.25, 0.3) is 0 Å². The highest BCUT2D eigenvalue weighted by Crippen LogP contribution is 2.38. The molecule has 0 unspecified atom stereocenters. The van der Waals surface area contributed by atoms with E-state index in [1.165, 1.54) is 13.2 Å². The number of carbonyl (C=O) groups excluding carboxylic acids is 1. The third kappa shape index (κ3) is 12.0. The zero-order valence-electron chi connectivity index (χ0n) is 22.8. The van der Waals surface area contributed by atoms with Crippen LogP contribution in [-0.2, 0) is 34.8 Å². The fourth-order valence-corrected chi connectivity index (χ4v) is 4.02. The van der Waals surface area contributed by atoms with Crippen molar-refractivity contribution in [3.8, 4) is 11.8 Å². The molecule has 0 fully saturated rings. The van der Waals surface area contributed by atoms with Crippen LogP contribution in [0.25, 0.3) is 0 Å². The van der Waals surface area contributed by atoms with Crippen molar-refractivity contribution in [3.05, 3.63) is 48.0 Å². The SMILES string of the molecule is CCCC[C@@H](C#C[C@H](O[Si](C)(C)C(C)(C)C)[C@H](/C=C\C(=O)OC)OCc1ccccc1)OCOC. The number of ether oxygens (including phenoxy) is 4. The van der Waals surface area contributed by atoms with Crippen molar-refractivity contribution in [2.45, 2.75) is 90.0 Å². The van der Waals surface area contributed by atoms with Gasteiger partial charge in [-0.1, -0.05) is 82.7 Å². The molecule has 0 radical (unpaired) electrons. The predicted molar refractivity (Wildman–Crippen MR) is 142 cm³/mol. The first-order chi connectivity index (χ1) is 16.5. The summed E-state index contributed by atoms with van der Waals surface area (Å²) in [6.45, 7) is 13.6. The molecule has 196 valence electrons. The number of hydrogen-bond acceptors (Lipinski definition) is 6. The van der Waals surface area contributed by atoms with Gasteiger partial charge in [0.1, 0.15) is 25.1 Å². The molecule has 0 aliphatic rings. The molecule has 6 nitrogen and oxygen atoms in total. The highest BCUT2D eigenvalue weighted by molar-refractivity contribution is 6.74. The van der Waals surface area contributed by atoms with Crippen molar-refractivity contribution >= 4 is 14.3 Å². The zero-order valence-corrected chi connectivity index (χ0v) is 23.8. The van der Waals surface area contributed by atoms with E-state index in [-0.39, 0.29) is 17.9 Å². The topological polar surface area (TPSA) is 63.2 Å². The number of carbonyl (C=O) groups is 1. The Morgan fingerprint density at radius 3 is 2.34 bits per heavy atom. The van der Waals surface area contributed by atoms with Crippen molar-refractivity contribution in [1.29, 1.82) is 0 Å². The molecule has 0 aliphatic heterocycles. The molecule has 7 heteroatoms. The number of benzene rings is 1. The van der Waals surface area contributed by atoms with Gasteiger partial charge in [-0.25, -0.2) is 4.79 Å². The number of esters is 1. The van der Waals surface area contributed by atoms with Gasteiger partial charge in [-0.2, -0.15) is 0 Å². The van der Waals surface area contributed by atoms with Gasteiger partial charge in [0.05, 0.1) is 13.7 Å². The number of hydrogen-bond donors (Lipinski definition) is 0. The summed E-state index contributed by atoms with van der Waals surface area (Å²) in [6.07, 6.45) is 4.44. The Labute approximate surface area is 213 Å². The van der Waals surface area contributed by atoms with Crippen LogP contribution in [0.5, 0.6) is 0 Å². The van der Waals surface area contributed by atoms with E-state index in [2.05, 4.69) is 52.6 Å². The van der Waals surface area contributed by atoms with Gasteiger partial charge >= 0.3 is 5.97 Å². The van der Waals surface area contributed by atoms with Crippen LogP contribution in [-0.4, -0.2) is 53.6 Å². The molecule has 0 N–H and O–H groups in total. The first kappa shape index (κ1) is 31.1. The average molecular weight is 505 g/mol. The maximum absolute atomic E-state index is 11.9. The van der Waals surface area contributed by atoms with E-state index in [1.807, 2.05) is 30.3 Å². The fraction of sp³-hybridized carbons (Fsp3) is 0.607. The molecule has 0 bridgehead atoms. The molecule has 0 amide bonds. The lowest BCUT2D eigenvalue weighted by molar-refractivity contribution is -0.134. The fourth-order valence-electron chi connectivity index (χ4n) is 2.84. The second-order valence-corrected chi connectivity index (χ2v) is 14.7. The first-order valence-corrected chi connectivity index (χ1v) is 15.2. The number of methoxy groups -OCH3 is 2. The Hall–Kier alpha value is -1.95. The van der Waals surface area contributed by atoms with Gasteiger partial charge in [0.2, 0.25) is 0 Å². The van der Waals surface area contributed by atoms with Crippen molar-refractivity contribution in [1.82, 2.24) is 0 Å². The van der Waals surface area contributed by atoms with Gasteiger partial charge < -0.3 is 23.4 Å². The second-order valence-electron chi connectivity index (χ2n) is 9.93. The molecule has 0 saturated heterocycles. The first-order valence-electron chi connectivity index (χ1n) is 12.2. The minimum atomic E-state index is -2.22. The molecule has 0 aliphatic carbocycles. The lowest BCUT2D eigenvalue weighted by Gasteiger charge is -2.39. The predicted octanol–water partition coefficient (Wildman–Crippen LogP) is 5.87. The standard InChI is InChI=1S/C28H44O6Si/c1-9-10-16-24(33-22-30-5)17-18-26(34-35(7,8)28(2,3)4)25(19-20-27(29)31-6)32-21-23-14-12-11-13-15-23/h11-15,19-20,24-26H,9-10,16,21-22H2,1-8H3/b20-19-/t24-,25-,26-/m0/s1. The van der Waals surface area contributed by atoms with Crippen LogP contribution < -0.4 is 0 Å². The lowest BCUT2D eigenvalue weighted by atomic mass is 10.1. The largest absolute Gasteiger partial charge is 0.466 e. The average Bonchev–Trinajstić information content (AvgIpc) is 2.82. The second kappa shape index (κ2) is 15.9. The van der Waals surface area contributed by atoms with E-state index in [0.717, 1.165) is 24.8 Å². The summed E-state index contributed by atoms with van der Waals surface area (Å²) in [7, 11) is 0.720. The zero-order chi connectivity index (χ0) is 26.3. The van der Waals surface area contributed by atoms with Crippen LogP contribution in [0.2, 0.25) is 18.1 Å². The monoisotopic (exact) mass is 504 g/mol. The van der Waals surface area contributed by atoms with E-state index in [9.17, 15) is 4.79 Å². The summed E-state index contributed by atoms with van der Waals surface area (Å²) in [6, 6.07) is 9.88. The van der Waals surface area contributed by atoms with Crippen LogP contribution in [0.1, 0.15) is 52.5 Å². The van der Waals surface area contributed by atoms with Crippen LogP contribution in [0.4, 0.5) is 0 Å². The van der Waals surface area contributed by atoms with E-state index >= 15 is 0 Å². The molecular formula is C28H44O6Si. The van der Waals surface area contributed by atoms with Crippen LogP contribution >= 0.6 is 0 Å². The van der Waals surface area contributed by atoms with Gasteiger partial charge in [0.15, 0.2) is 8.32 Å². The summed E-state index contributed by atoms with van der Waals surface area (Å²) >= 11 is 0. The Morgan fingerprint density at radius 1 is 1.09 bits per heavy atom. The van der Waals surface area contributed by atoms with Gasteiger partial charge in [-0.15, -0.1) is 0 Å². The number of unbranched alkanes of at least 4 members (excludes halogenated alkanes) is 1. The van der Waals surface area contributed by atoms with E-state index in [0.29, 0.717) is 6.61 Å². The molecule has 0 heterocycles. The molecule has 1 rings (SSSR count). The van der Waals surface area contributed by atoms with Crippen LogP contribution in [0, 0.1) is 11.8 Å². The summed E-state index contributed by atoms with van der Waals surface area (Å²) < 4.78 is 28.7. The summed E-state index contributed by atoms with van der Waals surface area (Å²) in [5, 5.41) is -0.0306. The minimum Gasteiger partial charge on any atom is -0.466 e. The van der Waals surface area contributed by atoms with E-state index in [4.69, 9.17) is 23.4 Å². The summed E-state index contributed by atoms with van der Waals surface area (Å²) in [5.74, 6) is 6.10. The smallest absolute Gasteiger partial charge is 0.330 e. The Balaban J connectivity index is 3.34. The molecule has 3 atom stereocenters. The van der Waals surface area contributed by atoms with Crippen LogP contribution in [0.3, 0.4) is 0 Å². The molecule has 1 aromatic rings. The quantitative estimate of drug-likeness (QED) is 0.104. The highest BCUT2D eigenvalue weighted by Gasteiger charge is 2.40. The van der Waals surface area contributed by atoms with Crippen molar-refractivity contribution in [2.75, 3.05) is 21.0 Å². The van der Waals surface area contributed by atoms with Gasteiger partial charge in [-0.3, -0.25) is 0 Å². The van der Waals surface area contributed by atoms with Crippen molar-refractivity contribution in [3.63, 3.8) is 0 Å². The normalized spacial score (nSPS) is 14.7. The maximum atomic E-state index is 11.9. The summed E-state index contributed by atoms with van der Waals surface area (Å²) in [4.78, 5) is 11.9. The van der Waals surface area contributed by atoms with E-state index in [1.54, 1.807) is 13.2 Å². The Bertz CT molecular complexity index is 811. The summed E-state index contributed by atoms with van der Waals surface area (Å²) in [5.41, 5.74) is 1.02. The molecule has 0 spiro atoms. The highest BCUT2D eigenvalue weighted by atomic mass is 28.4. The van der Waals surface area contributed by atoms with Crippen molar-refractivity contribution < 1.29 is 28.2 Å². The van der Waals surface area contributed by atoms with Crippen LogP contribution in [0.15, 0.2) is 42.5 Å². The molecule has 0 saturated carbocycles. The van der Waals surface area contributed by atoms with Crippen molar-refractivity contribution in [2.24, 2.45) is 0 Å². The maximum Gasteiger partial charge on any atom is 0.330 e. The van der Waals surface area contributed by atoms with Gasteiger partial charge in [-0.05, 0) is 36.2 Å². The minimum absolute atomic E-state index is 0.0306. The van der Waals surface area contributed by atoms with Gasteiger partial charge in [0, 0.05) is 13.2 Å². The Morgan fingerprint density at radius 2 is 1.77 bits per heavy atom. The Kier molecular flexibility index (Phi) is 14.1.